The molecule has 1 aliphatic rings. The highest BCUT2D eigenvalue weighted by molar-refractivity contribution is 7.85. The van der Waals surface area contributed by atoms with Gasteiger partial charge in [0, 0.05) is 23.7 Å². The second-order valence-corrected chi connectivity index (χ2v) is 7.98. The van der Waals surface area contributed by atoms with Crippen LogP contribution in [0.1, 0.15) is 46.5 Å². The third kappa shape index (κ3) is 4.29. The first-order valence-electron chi connectivity index (χ1n) is 7.22. The topological polar surface area (TPSA) is 50.1 Å². The van der Waals surface area contributed by atoms with Crippen LogP contribution in [0.2, 0.25) is 0 Å². The Morgan fingerprint density at radius 1 is 1.42 bits per heavy atom. The summed E-state index contributed by atoms with van der Waals surface area (Å²) >= 11 is 0. The fourth-order valence-corrected chi connectivity index (χ4v) is 4.53. The molecule has 110 valence electrons. The summed E-state index contributed by atoms with van der Waals surface area (Å²) < 4.78 is 17.4. The van der Waals surface area contributed by atoms with Gasteiger partial charge in [-0.1, -0.05) is 27.2 Å². The molecule has 0 N–H and O–H groups in total. The molecule has 0 bridgehead atoms. The Kier molecular flexibility index (Phi) is 6.49. The van der Waals surface area contributed by atoms with E-state index in [1.807, 2.05) is 0 Å². The van der Waals surface area contributed by atoms with Crippen molar-refractivity contribution in [2.45, 2.75) is 51.7 Å². The van der Waals surface area contributed by atoms with Gasteiger partial charge < -0.3 is 4.74 Å². The highest BCUT2D eigenvalue weighted by Gasteiger charge is 2.39. The van der Waals surface area contributed by atoms with Gasteiger partial charge >= 0.3 is 0 Å². The van der Waals surface area contributed by atoms with Gasteiger partial charge in [-0.05, 0) is 30.6 Å². The molecule has 0 heterocycles. The van der Waals surface area contributed by atoms with E-state index in [9.17, 15) is 9.47 Å². The van der Waals surface area contributed by atoms with Crippen LogP contribution in [-0.2, 0) is 15.5 Å². The van der Waals surface area contributed by atoms with E-state index in [0.29, 0.717) is 18.3 Å². The van der Waals surface area contributed by atoms with Crippen molar-refractivity contribution in [1.29, 1.82) is 5.26 Å². The van der Waals surface area contributed by atoms with Crippen molar-refractivity contribution in [3.05, 3.63) is 0 Å². The van der Waals surface area contributed by atoms with Crippen molar-refractivity contribution in [3.63, 3.8) is 0 Å². The molecule has 3 nitrogen and oxygen atoms in total. The zero-order valence-electron chi connectivity index (χ0n) is 12.6. The molecule has 19 heavy (non-hydrogen) atoms. The predicted octanol–water partition coefficient (Wildman–Crippen LogP) is 3.13. The molecule has 4 atom stereocenters. The number of hydrogen-bond acceptors (Lipinski definition) is 3. The molecular weight excluding hydrogens is 258 g/mol. The fourth-order valence-electron chi connectivity index (χ4n) is 2.88. The lowest BCUT2D eigenvalue weighted by Crippen LogP contribution is -2.38. The van der Waals surface area contributed by atoms with E-state index in [0.717, 1.165) is 25.7 Å². The van der Waals surface area contributed by atoms with E-state index in [4.69, 9.17) is 4.74 Å². The predicted molar refractivity (Wildman–Crippen MR) is 79.2 cm³/mol. The minimum atomic E-state index is -0.941. The summed E-state index contributed by atoms with van der Waals surface area (Å²) in [6.07, 6.45) is 4.05. The van der Waals surface area contributed by atoms with Crippen molar-refractivity contribution < 1.29 is 8.95 Å². The lowest BCUT2D eigenvalue weighted by Gasteiger charge is -2.41. The normalized spacial score (nSPS) is 29.7. The summed E-state index contributed by atoms with van der Waals surface area (Å²) in [6, 6.07) is 2.37. The molecule has 1 fully saturated rings. The summed E-state index contributed by atoms with van der Waals surface area (Å²) in [7, 11) is 0.687. The molecule has 1 rings (SSSR count). The number of methoxy groups -OCH3 is 1. The van der Waals surface area contributed by atoms with Gasteiger partial charge in [-0.25, -0.2) is 0 Å². The second kappa shape index (κ2) is 7.40. The SMILES string of the molecule is CCC(C)(C)C1CCC(C#N)C(S(=O)CCOC)C1. The van der Waals surface area contributed by atoms with Gasteiger partial charge in [0.1, 0.15) is 0 Å². The summed E-state index contributed by atoms with van der Waals surface area (Å²) in [6.45, 7) is 7.31. The van der Waals surface area contributed by atoms with Crippen LogP contribution in [0.4, 0.5) is 0 Å². The number of rotatable bonds is 6. The third-order valence-corrected chi connectivity index (χ3v) is 6.57. The van der Waals surface area contributed by atoms with Crippen LogP contribution < -0.4 is 0 Å². The first-order valence-corrected chi connectivity index (χ1v) is 8.60. The average Bonchev–Trinajstić information content (AvgIpc) is 2.43. The Labute approximate surface area is 120 Å². The van der Waals surface area contributed by atoms with E-state index >= 15 is 0 Å². The summed E-state index contributed by atoms with van der Waals surface area (Å²) in [5, 5.41) is 9.30. The molecule has 0 spiro atoms. The van der Waals surface area contributed by atoms with Crippen LogP contribution in [0.3, 0.4) is 0 Å². The van der Waals surface area contributed by atoms with Crippen LogP contribution in [0, 0.1) is 28.6 Å². The van der Waals surface area contributed by atoms with Gasteiger partial charge in [-0.2, -0.15) is 5.26 Å². The summed E-state index contributed by atoms with van der Waals surface area (Å²) in [5.74, 6) is 1.10. The summed E-state index contributed by atoms with van der Waals surface area (Å²) in [5.41, 5.74) is 0.282. The van der Waals surface area contributed by atoms with Crippen molar-refractivity contribution in [3.8, 4) is 6.07 Å². The molecule has 1 aliphatic carbocycles. The maximum Gasteiger partial charge on any atom is 0.0668 e. The Hall–Kier alpha value is -0.400. The van der Waals surface area contributed by atoms with Crippen molar-refractivity contribution in [2.24, 2.45) is 17.3 Å². The van der Waals surface area contributed by atoms with Gasteiger partial charge in [0.25, 0.3) is 0 Å². The van der Waals surface area contributed by atoms with Gasteiger partial charge in [-0.3, -0.25) is 4.21 Å². The highest BCUT2D eigenvalue weighted by Crippen LogP contribution is 2.43. The molecule has 0 aromatic rings. The number of nitrogens with zero attached hydrogens (tertiary/aromatic N) is 1. The minimum absolute atomic E-state index is 0.0322. The molecule has 0 aromatic heterocycles. The van der Waals surface area contributed by atoms with Crippen LogP contribution in [0.25, 0.3) is 0 Å². The monoisotopic (exact) mass is 285 g/mol. The zero-order chi connectivity index (χ0) is 14.5. The van der Waals surface area contributed by atoms with Crippen LogP contribution >= 0.6 is 0 Å². The van der Waals surface area contributed by atoms with E-state index in [-0.39, 0.29) is 16.6 Å². The molecule has 4 unspecified atom stereocenters. The molecule has 0 radical (unpaired) electrons. The molecular formula is C15H27NO2S. The largest absolute Gasteiger partial charge is 0.384 e. The molecule has 0 saturated heterocycles. The summed E-state index contributed by atoms with van der Waals surface area (Å²) in [4.78, 5) is 0. The number of nitriles is 1. The maximum absolute atomic E-state index is 12.4. The molecule has 4 heteroatoms. The van der Waals surface area contributed by atoms with Crippen LogP contribution in [-0.4, -0.2) is 28.9 Å². The second-order valence-electron chi connectivity index (χ2n) is 6.20. The Balaban J connectivity index is 2.74. The zero-order valence-corrected chi connectivity index (χ0v) is 13.5. The smallest absolute Gasteiger partial charge is 0.0668 e. The van der Waals surface area contributed by atoms with Crippen molar-refractivity contribution >= 4 is 10.8 Å². The molecule has 0 aromatic carbocycles. The quantitative estimate of drug-likeness (QED) is 0.753. The molecule has 0 aliphatic heterocycles. The Bertz CT molecular complexity index is 349. The third-order valence-electron chi connectivity index (χ3n) is 4.80. The average molecular weight is 285 g/mol. The van der Waals surface area contributed by atoms with Gasteiger partial charge in [0.15, 0.2) is 0 Å². The van der Waals surface area contributed by atoms with E-state index < -0.39 is 10.8 Å². The van der Waals surface area contributed by atoms with E-state index in [1.165, 1.54) is 0 Å². The van der Waals surface area contributed by atoms with Crippen LogP contribution in [0.5, 0.6) is 0 Å². The first kappa shape index (κ1) is 16.7. The highest BCUT2D eigenvalue weighted by atomic mass is 32.2. The lowest BCUT2D eigenvalue weighted by atomic mass is 9.67. The van der Waals surface area contributed by atoms with Gasteiger partial charge in [0.2, 0.25) is 0 Å². The van der Waals surface area contributed by atoms with Crippen molar-refractivity contribution in [1.82, 2.24) is 0 Å². The van der Waals surface area contributed by atoms with Crippen LogP contribution in [0.15, 0.2) is 0 Å². The fraction of sp³-hybridized carbons (Fsp3) is 0.933. The number of hydrogen-bond donors (Lipinski definition) is 0. The van der Waals surface area contributed by atoms with Gasteiger partial charge in [-0.15, -0.1) is 0 Å². The maximum atomic E-state index is 12.4. The first-order chi connectivity index (χ1) is 8.96. The van der Waals surface area contributed by atoms with Crippen molar-refractivity contribution in [2.75, 3.05) is 19.5 Å². The Morgan fingerprint density at radius 3 is 2.63 bits per heavy atom. The van der Waals surface area contributed by atoms with E-state index in [1.54, 1.807) is 7.11 Å². The lowest BCUT2D eigenvalue weighted by molar-refractivity contribution is 0.142. The Morgan fingerprint density at radius 2 is 2.11 bits per heavy atom. The standard InChI is InChI=1S/C15H27NO2S/c1-5-15(2,3)13-7-6-12(11-16)14(10-13)19(17)9-8-18-4/h12-14H,5-10H2,1-4H3. The van der Waals surface area contributed by atoms with Gasteiger partial charge in [0.05, 0.1) is 23.8 Å². The molecule has 0 amide bonds. The van der Waals surface area contributed by atoms with E-state index in [2.05, 4.69) is 26.8 Å². The number of ether oxygens (including phenoxy) is 1. The molecule has 1 saturated carbocycles. The minimum Gasteiger partial charge on any atom is -0.384 e.